The van der Waals surface area contributed by atoms with Gasteiger partial charge in [-0.05, 0) is 19.9 Å². The predicted octanol–water partition coefficient (Wildman–Crippen LogP) is -0.0254. The molecule has 0 bridgehead atoms. The van der Waals surface area contributed by atoms with Gasteiger partial charge in [-0.3, -0.25) is 19.7 Å². The lowest BCUT2D eigenvalue weighted by molar-refractivity contribution is -0.384. The summed E-state index contributed by atoms with van der Waals surface area (Å²) in [5.74, 6) is -2.04. The van der Waals surface area contributed by atoms with E-state index in [-0.39, 0.29) is 35.4 Å². The Morgan fingerprint density at radius 3 is 2.54 bits per heavy atom. The fourth-order valence-electron chi connectivity index (χ4n) is 1.65. The molecule has 0 aliphatic rings. The first-order valence-electron chi connectivity index (χ1n) is 6.97. The Labute approximate surface area is 137 Å². The topological polar surface area (TPSA) is 154 Å². The first kappa shape index (κ1) is 18.9. The number of carbonyl (C=O) groups excluding carboxylic acids is 3. The van der Waals surface area contributed by atoms with Crippen LogP contribution in [0.1, 0.15) is 24.2 Å². The highest BCUT2D eigenvalue weighted by atomic mass is 16.6. The zero-order valence-electron chi connectivity index (χ0n) is 13.2. The van der Waals surface area contributed by atoms with Gasteiger partial charge in [0.05, 0.1) is 17.0 Å². The average molecular weight is 338 g/mol. The number of nitrogen functional groups attached to an aromatic ring is 1. The smallest absolute Gasteiger partial charge is 0.341 e. The zero-order valence-corrected chi connectivity index (χ0v) is 13.2. The van der Waals surface area contributed by atoms with Gasteiger partial charge in [0, 0.05) is 23.9 Å². The van der Waals surface area contributed by atoms with Crippen molar-refractivity contribution in [3.05, 3.63) is 33.9 Å². The number of anilines is 1. The number of nitro benzene ring substituents is 1. The second-order valence-corrected chi connectivity index (χ2v) is 5.10. The number of nitro groups is 1. The summed E-state index contributed by atoms with van der Waals surface area (Å²) in [6, 6.07) is 3.24. The van der Waals surface area contributed by atoms with Crippen molar-refractivity contribution < 1.29 is 24.0 Å². The molecule has 130 valence electrons. The molecule has 0 spiro atoms. The molecule has 0 fully saturated rings. The molecule has 0 saturated heterocycles. The third-order valence-corrected chi connectivity index (χ3v) is 2.70. The second-order valence-electron chi connectivity index (χ2n) is 5.10. The molecule has 0 aliphatic carbocycles. The molecule has 0 unspecified atom stereocenters. The third kappa shape index (κ3) is 5.91. The predicted molar refractivity (Wildman–Crippen MR) is 84.1 cm³/mol. The highest BCUT2D eigenvalue weighted by Crippen LogP contribution is 2.20. The van der Waals surface area contributed by atoms with Crippen LogP contribution in [0.25, 0.3) is 0 Å². The minimum atomic E-state index is -0.974. The number of carbonyl (C=O) groups is 3. The number of rotatable bonds is 7. The number of hydrogen-bond donors (Lipinski definition) is 3. The van der Waals surface area contributed by atoms with Crippen molar-refractivity contribution in [3.8, 4) is 0 Å². The average Bonchev–Trinajstić information content (AvgIpc) is 2.50. The number of esters is 1. The van der Waals surface area contributed by atoms with Crippen LogP contribution < -0.4 is 16.4 Å². The Bertz CT molecular complexity index is 659. The molecule has 1 aromatic carbocycles. The van der Waals surface area contributed by atoms with Crippen LogP contribution in [0.15, 0.2) is 18.2 Å². The van der Waals surface area contributed by atoms with Crippen molar-refractivity contribution in [1.82, 2.24) is 10.6 Å². The number of amides is 2. The van der Waals surface area contributed by atoms with Crippen LogP contribution in [0.4, 0.5) is 11.4 Å². The molecule has 0 aliphatic heterocycles. The molecule has 10 nitrogen and oxygen atoms in total. The summed E-state index contributed by atoms with van der Waals surface area (Å²) in [7, 11) is 0. The van der Waals surface area contributed by atoms with Gasteiger partial charge < -0.3 is 21.1 Å². The molecule has 1 aromatic rings. The van der Waals surface area contributed by atoms with E-state index in [4.69, 9.17) is 10.5 Å². The van der Waals surface area contributed by atoms with Crippen LogP contribution in [0, 0.1) is 10.1 Å². The maximum Gasteiger partial charge on any atom is 0.341 e. The fourth-order valence-corrected chi connectivity index (χ4v) is 1.65. The molecule has 0 radical (unpaired) electrons. The van der Waals surface area contributed by atoms with Crippen molar-refractivity contribution >= 4 is 29.2 Å². The number of non-ortho nitro benzene ring substituents is 1. The van der Waals surface area contributed by atoms with Crippen LogP contribution in [-0.2, 0) is 14.3 Å². The maximum absolute atomic E-state index is 11.8. The minimum absolute atomic E-state index is 0.0117. The van der Waals surface area contributed by atoms with Crippen LogP contribution in [0.5, 0.6) is 0 Å². The van der Waals surface area contributed by atoms with Gasteiger partial charge in [-0.25, -0.2) is 4.79 Å². The highest BCUT2D eigenvalue weighted by molar-refractivity contribution is 5.97. The van der Waals surface area contributed by atoms with Gasteiger partial charge in [0.1, 0.15) is 0 Å². The lowest BCUT2D eigenvalue weighted by atomic mass is 10.1. The normalized spacial score (nSPS) is 10.1. The summed E-state index contributed by atoms with van der Waals surface area (Å²) >= 11 is 0. The molecular weight excluding hydrogens is 320 g/mol. The summed E-state index contributed by atoms with van der Waals surface area (Å²) in [4.78, 5) is 44.7. The van der Waals surface area contributed by atoms with Gasteiger partial charge in [0.15, 0.2) is 6.61 Å². The van der Waals surface area contributed by atoms with Crippen molar-refractivity contribution in [1.29, 1.82) is 0 Å². The summed E-state index contributed by atoms with van der Waals surface area (Å²) in [5.41, 5.74) is 5.01. The zero-order chi connectivity index (χ0) is 18.3. The van der Waals surface area contributed by atoms with Crippen LogP contribution in [0.3, 0.4) is 0 Å². The Morgan fingerprint density at radius 1 is 1.29 bits per heavy atom. The third-order valence-electron chi connectivity index (χ3n) is 2.70. The number of hydrogen-bond acceptors (Lipinski definition) is 7. The quantitative estimate of drug-likeness (QED) is 0.273. The Balaban J connectivity index is 2.54. The maximum atomic E-state index is 11.8. The molecule has 2 amide bonds. The van der Waals surface area contributed by atoms with Gasteiger partial charge in [0.25, 0.3) is 11.6 Å². The summed E-state index contributed by atoms with van der Waals surface area (Å²) < 4.78 is 4.73. The highest BCUT2D eigenvalue weighted by Gasteiger charge is 2.17. The summed E-state index contributed by atoms with van der Waals surface area (Å²) in [5, 5.41) is 15.5. The fraction of sp³-hybridized carbons (Fsp3) is 0.357. The second kappa shape index (κ2) is 8.46. The van der Waals surface area contributed by atoms with E-state index >= 15 is 0 Å². The lowest BCUT2D eigenvalue weighted by Crippen LogP contribution is -2.41. The molecule has 0 aromatic heterocycles. The molecule has 0 saturated carbocycles. The van der Waals surface area contributed by atoms with Gasteiger partial charge >= 0.3 is 5.97 Å². The Morgan fingerprint density at radius 2 is 1.96 bits per heavy atom. The van der Waals surface area contributed by atoms with E-state index < -0.39 is 23.4 Å². The molecule has 1 rings (SSSR count). The molecule has 0 heterocycles. The monoisotopic (exact) mass is 338 g/mol. The number of nitrogens with zero attached hydrogens (tertiary/aromatic N) is 1. The molecule has 4 N–H and O–H groups in total. The van der Waals surface area contributed by atoms with E-state index in [1.807, 2.05) is 0 Å². The van der Waals surface area contributed by atoms with E-state index in [2.05, 4.69) is 10.6 Å². The van der Waals surface area contributed by atoms with E-state index in [0.717, 1.165) is 12.1 Å². The largest absolute Gasteiger partial charge is 0.452 e. The number of benzene rings is 1. The van der Waals surface area contributed by atoms with Crippen LogP contribution in [-0.4, -0.2) is 41.9 Å². The van der Waals surface area contributed by atoms with Crippen molar-refractivity contribution in [2.75, 3.05) is 18.9 Å². The van der Waals surface area contributed by atoms with Gasteiger partial charge in [0.2, 0.25) is 5.91 Å². The standard InChI is InChI=1S/C14H18N4O6/c1-8(2)17-12(19)6-16-13(20)7-24-14(21)10-5-9(18(22)23)3-4-11(10)15/h3-5,8H,6-7,15H2,1-2H3,(H,16,20)(H,17,19). The number of nitrogens with one attached hydrogen (secondary N) is 2. The molecule has 10 heteroatoms. The van der Waals surface area contributed by atoms with E-state index in [9.17, 15) is 24.5 Å². The first-order valence-corrected chi connectivity index (χ1v) is 6.97. The lowest BCUT2D eigenvalue weighted by Gasteiger charge is -2.10. The molecule has 0 atom stereocenters. The summed E-state index contributed by atoms with van der Waals surface area (Å²) in [6.45, 7) is 2.64. The van der Waals surface area contributed by atoms with Crippen molar-refractivity contribution in [3.63, 3.8) is 0 Å². The molecule has 24 heavy (non-hydrogen) atoms. The van der Waals surface area contributed by atoms with Gasteiger partial charge in [-0.2, -0.15) is 0 Å². The number of nitrogens with two attached hydrogens (primary N) is 1. The minimum Gasteiger partial charge on any atom is -0.452 e. The van der Waals surface area contributed by atoms with E-state index in [1.165, 1.54) is 6.07 Å². The van der Waals surface area contributed by atoms with Gasteiger partial charge in [-0.15, -0.1) is 0 Å². The van der Waals surface area contributed by atoms with Gasteiger partial charge in [-0.1, -0.05) is 0 Å². The van der Waals surface area contributed by atoms with Crippen molar-refractivity contribution in [2.45, 2.75) is 19.9 Å². The van der Waals surface area contributed by atoms with Crippen LogP contribution >= 0.6 is 0 Å². The Kier molecular flexibility index (Phi) is 6.65. The molecular formula is C14H18N4O6. The van der Waals surface area contributed by atoms with Crippen molar-refractivity contribution in [2.24, 2.45) is 0 Å². The van der Waals surface area contributed by atoms with Crippen LogP contribution in [0.2, 0.25) is 0 Å². The SMILES string of the molecule is CC(C)NC(=O)CNC(=O)COC(=O)c1cc([N+](=O)[O-])ccc1N. The Hall–Kier alpha value is -3.17. The van der Waals surface area contributed by atoms with E-state index in [1.54, 1.807) is 13.8 Å². The first-order chi connectivity index (χ1) is 11.2. The summed E-state index contributed by atoms with van der Waals surface area (Å²) in [6.07, 6.45) is 0. The van der Waals surface area contributed by atoms with E-state index in [0.29, 0.717) is 0 Å². The number of ether oxygens (including phenoxy) is 1.